The average molecular weight is 288 g/mol. The van der Waals surface area contributed by atoms with Crippen molar-refractivity contribution in [1.82, 2.24) is 0 Å². The van der Waals surface area contributed by atoms with Gasteiger partial charge in [0.05, 0.1) is 0 Å². The van der Waals surface area contributed by atoms with Crippen LogP contribution in [0.4, 0.5) is 0 Å². The normalized spacial score (nSPS) is 10.6. The minimum atomic E-state index is 1.07. The highest BCUT2D eigenvalue weighted by molar-refractivity contribution is 5.70. The van der Waals surface area contributed by atoms with Crippen LogP contribution in [0.3, 0.4) is 0 Å². The van der Waals surface area contributed by atoms with Gasteiger partial charge in [0, 0.05) is 17.5 Å². The van der Waals surface area contributed by atoms with Gasteiger partial charge in [0.15, 0.2) is 12.4 Å². The third kappa shape index (κ3) is 3.43. The molecule has 3 aromatic rings. The molecular weight excluding hydrogens is 266 g/mol. The predicted molar refractivity (Wildman–Crippen MR) is 92.4 cm³/mol. The summed E-state index contributed by atoms with van der Waals surface area (Å²) >= 11 is 0. The second kappa shape index (κ2) is 7.04. The molecule has 1 heterocycles. The van der Waals surface area contributed by atoms with E-state index in [0.29, 0.717) is 0 Å². The van der Waals surface area contributed by atoms with Crippen molar-refractivity contribution in [3.05, 3.63) is 79.1 Å². The fourth-order valence-corrected chi connectivity index (χ4v) is 2.68. The third-order valence-electron chi connectivity index (χ3n) is 3.90. The molecule has 22 heavy (non-hydrogen) atoms. The average Bonchev–Trinajstić information content (AvgIpc) is 2.61. The maximum absolute atomic E-state index is 2.33. The molecule has 3 rings (SSSR count). The van der Waals surface area contributed by atoms with E-state index >= 15 is 0 Å². The summed E-state index contributed by atoms with van der Waals surface area (Å²) in [6.07, 6.45) is 6.94. The predicted octanol–water partition coefficient (Wildman–Crippen LogP) is 5.11. The number of rotatable bonds is 5. The quantitative estimate of drug-likeness (QED) is 0.574. The Kier molecular flexibility index (Phi) is 4.65. The van der Waals surface area contributed by atoms with E-state index in [1.165, 1.54) is 35.1 Å². The van der Waals surface area contributed by atoms with Crippen LogP contribution in [-0.2, 0) is 6.54 Å². The minimum Gasteiger partial charge on any atom is -0.204 e. The van der Waals surface area contributed by atoms with Crippen LogP contribution in [0.2, 0.25) is 0 Å². The maximum atomic E-state index is 2.33. The number of unbranched alkanes of at least 4 members (excludes halogenated alkanes) is 1. The van der Waals surface area contributed by atoms with Crippen LogP contribution in [0.15, 0.2) is 79.1 Å². The number of benzene rings is 2. The zero-order valence-electron chi connectivity index (χ0n) is 13.1. The van der Waals surface area contributed by atoms with E-state index in [0.717, 1.165) is 6.54 Å². The van der Waals surface area contributed by atoms with Crippen molar-refractivity contribution in [1.29, 1.82) is 0 Å². The Morgan fingerprint density at radius 1 is 0.682 bits per heavy atom. The summed E-state index contributed by atoms with van der Waals surface area (Å²) in [6.45, 7) is 3.30. The van der Waals surface area contributed by atoms with E-state index in [1.54, 1.807) is 0 Å². The molecule has 0 unspecified atom stereocenters. The SMILES string of the molecule is CCCC[n+]1cc(-c2ccccc2)cc(-c2ccccc2)c1. The van der Waals surface area contributed by atoms with Gasteiger partial charge in [-0.05, 0) is 17.2 Å². The van der Waals surface area contributed by atoms with Crippen molar-refractivity contribution in [2.24, 2.45) is 0 Å². The van der Waals surface area contributed by atoms with Gasteiger partial charge in [-0.25, -0.2) is 4.57 Å². The molecule has 0 aliphatic carbocycles. The van der Waals surface area contributed by atoms with Gasteiger partial charge in [-0.3, -0.25) is 0 Å². The Hall–Kier alpha value is -2.41. The Labute approximate surface area is 132 Å². The fourth-order valence-electron chi connectivity index (χ4n) is 2.68. The largest absolute Gasteiger partial charge is 0.204 e. The van der Waals surface area contributed by atoms with E-state index in [9.17, 15) is 0 Å². The van der Waals surface area contributed by atoms with Crippen molar-refractivity contribution in [3.8, 4) is 22.3 Å². The van der Waals surface area contributed by atoms with Gasteiger partial charge >= 0.3 is 0 Å². The lowest BCUT2D eigenvalue weighted by Gasteiger charge is -2.06. The molecule has 0 bridgehead atoms. The van der Waals surface area contributed by atoms with Gasteiger partial charge in [0.1, 0.15) is 6.54 Å². The number of aryl methyl sites for hydroxylation is 1. The number of aromatic nitrogens is 1. The lowest BCUT2D eigenvalue weighted by molar-refractivity contribution is -0.696. The first-order valence-electron chi connectivity index (χ1n) is 8.02. The van der Waals surface area contributed by atoms with Crippen molar-refractivity contribution >= 4 is 0 Å². The van der Waals surface area contributed by atoms with Crippen LogP contribution >= 0.6 is 0 Å². The monoisotopic (exact) mass is 288 g/mol. The minimum absolute atomic E-state index is 1.07. The van der Waals surface area contributed by atoms with Gasteiger partial charge in [-0.1, -0.05) is 74.0 Å². The molecule has 0 saturated heterocycles. The molecule has 1 nitrogen and oxygen atoms in total. The topological polar surface area (TPSA) is 3.88 Å². The molecule has 0 atom stereocenters. The molecule has 0 N–H and O–H groups in total. The smallest absolute Gasteiger partial charge is 0.176 e. The first-order chi connectivity index (χ1) is 10.9. The van der Waals surface area contributed by atoms with Gasteiger partial charge in [0.2, 0.25) is 0 Å². The van der Waals surface area contributed by atoms with E-state index in [4.69, 9.17) is 0 Å². The Balaban J connectivity index is 2.06. The Morgan fingerprint density at radius 3 is 1.64 bits per heavy atom. The molecular formula is C21H22N+. The summed E-state index contributed by atoms with van der Waals surface area (Å²) in [6, 6.07) is 23.5. The molecule has 0 aliphatic heterocycles. The first-order valence-corrected chi connectivity index (χ1v) is 8.02. The summed E-state index contributed by atoms with van der Waals surface area (Å²) in [5.74, 6) is 0. The zero-order chi connectivity index (χ0) is 15.2. The van der Waals surface area contributed by atoms with E-state index in [-0.39, 0.29) is 0 Å². The first kappa shape index (κ1) is 14.5. The van der Waals surface area contributed by atoms with Crippen molar-refractivity contribution in [3.63, 3.8) is 0 Å². The number of pyridine rings is 1. The van der Waals surface area contributed by atoms with Crippen molar-refractivity contribution in [2.75, 3.05) is 0 Å². The molecule has 0 radical (unpaired) electrons. The van der Waals surface area contributed by atoms with Crippen LogP contribution in [0.25, 0.3) is 22.3 Å². The van der Waals surface area contributed by atoms with Gasteiger partial charge in [-0.2, -0.15) is 0 Å². The highest BCUT2D eigenvalue weighted by Crippen LogP contribution is 2.24. The van der Waals surface area contributed by atoms with Crippen LogP contribution in [-0.4, -0.2) is 0 Å². The molecule has 2 aromatic carbocycles. The van der Waals surface area contributed by atoms with Crippen LogP contribution in [0.5, 0.6) is 0 Å². The molecule has 0 saturated carbocycles. The standard InChI is InChI=1S/C21H22N/c1-2-3-14-22-16-20(18-10-6-4-7-11-18)15-21(17-22)19-12-8-5-9-13-19/h4-13,15-17H,2-3,14H2,1H3/q+1. The fraction of sp³-hybridized carbons (Fsp3) is 0.190. The van der Waals surface area contributed by atoms with Gasteiger partial charge in [0.25, 0.3) is 0 Å². The van der Waals surface area contributed by atoms with E-state index < -0.39 is 0 Å². The second-order valence-corrected chi connectivity index (χ2v) is 5.64. The molecule has 1 heteroatoms. The van der Waals surface area contributed by atoms with E-state index in [2.05, 4.69) is 90.6 Å². The maximum Gasteiger partial charge on any atom is 0.176 e. The van der Waals surface area contributed by atoms with Gasteiger partial charge < -0.3 is 0 Å². The Morgan fingerprint density at radius 2 is 1.18 bits per heavy atom. The summed E-state index contributed by atoms with van der Waals surface area (Å²) in [4.78, 5) is 0. The third-order valence-corrected chi connectivity index (χ3v) is 3.90. The van der Waals surface area contributed by atoms with Crippen LogP contribution in [0, 0.1) is 0 Å². The van der Waals surface area contributed by atoms with Crippen molar-refractivity contribution in [2.45, 2.75) is 26.3 Å². The number of hydrogen-bond donors (Lipinski definition) is 0. The summed E-state index contributed by atoms with van der Waals surface area (Å²) in [5, 5.41) is 0. The zero-order valence-corrected chi connectivity index (χ0v) is 13.1. The summed E-state index contributed by atoms with van der Waals surface area (Å²) < 4.78 is 2.33. The lowest BCUT2D eigenvalue weighted by Crippen LogP contribution is -2.33. The second-order valence-electron chi connectivity index (χ2n) is 5.64. The summed E-state index contributed by atoms with van der Waals surface area (Å²) in [7, 11) is 0. The molecule has 110 valence electrons. The highest BCUT2D eigenvalue weighted by atomic mass is 14.9. The highest BCUT2D eigenvalue weighted by Gasteiger charge is 2.10. The van der Waals surface area contributed by atoms with Crippen molar-refractivity contribution < 1.29 is 4.57 Å². The lowest BCUT2D eigenvalue weighted by atomic mass is 10.0. The van der Waals surface area contributed by atoms with Crippen LogP contribution < -0.4 is 4.57 Å². The number of hydrogen-bond acceptors (Lipinski definition) is 0. The van der Waals surface area contributed by atoms with Gasteiger partial charge in [-0.15, -0.1) is 0 Å². The number of nitrogens with zero attached hydrogens (tertiary/aromatic N) is 1. The molecule has 0 aliphatic rings. The Bertz CT molecular complexity index is 660. The van der Waals surface area contributed by atoms with E-state index in [1.807, 2.05) is 0 Å². The summed E-state index contributed by atoms with van der Waals surface area (Å²) in [5.41, 5.74) is 5.09. The van der Waals surface area contributed by atoms with Crippen LogP contribution in [0.1, 0.15) is 19.8 Å². The molecule has 0 amide bonds. The molecule has 1 aromatic heterocycles. The molecule has 0 fully saturated rings. The molecule has 0 spiro atoms.